The van der Waals surface area contributed by atoms with Crippen molar-refractivity contribution in [2.75, 3.05) is 0 Å². The number of nitrogens with one attached hydrogen (secondary N) is 1. The summed E-state index contributed by atoms with van der Waals surface area (Å²) in [6.45, 7) is 0. The minimum atomic E-state index is -0.846. The summed E-state index contributed by atoms with van der Waals surface area (Å²) in [6, 6.07) is -0.238. The molecule has 1 aromatic rings. The molecule has 0 radical (unpaired) electrons. The van der Waals surface area contributed by atoms with E-state index in [9.17, 15) is 4.79 Å². The van der Waals surface area contributed by atoms with Crippen LogP contribution >= 0.6 is 11.3 Å². The van der Waals surface area contributed by atoms with Gasteiger partial charge in [0.05, 0.1) is 0 Å². The standard InChI is InChI=1S/C8H10N2O2S/c11-8(12)6(10-5-1-2-5)7-9-3-4-13-7/h3-6,10H,1-2H2,(H,11,12). The number of carbonyl (C=O) groups is 1. The van der Waals surface area contributed by atoms with Crippen molar-refractivity contribution < 1.29 is 9.90 Å². The molecule has 1 aromatic heterocycles. The average Bonchev–Trinajstić information content (AvgIpc) is 2.75. The van der Waals surface area contributed by atoms with Crippen LogP contribution in [-0.2, 0) is 4.79 Å². The fraction of sp³-hybridized carbons (Fsp3) is 0.500. The number of thiazole rings is 1. The topological polar surface area (TPSA) is 62.2 Å². The Morgan fingerprint density at radius 2 is 2.54 bits per heavy atom. The maximum atomic E-state index is 10.9. The van der Waals surface area contributed by atoms with E-state index in [1.165, 1.54) is 11.3 Å². The van der Waals surface area contributed by atoms with E-state index >= 15 is 0 Å². The lowest BCUT2D eigenvalue weighted by atomic mass is 10.3. The summed E-state index contributed by atoms with van der Waals surface area (Å²) < 4.78 is 0. The van der Waals surface area contributed by atoms with Crippen molar-refractivity contribution in [3.05, 3.63) is 16.6 Å². The van der Waals surface area contributed by atoms with E-state index < -0.39 is 12.0 Å². The van der Waals surface area contributed by atoms with Gasteiger partial charge >= 0.3 is 5.97 Å². The van der Waals surface area contributed by atoms with Gasteiger partial charge in [-0.25, -0.2) is 4.98 Å². The predicted molar refractivity (Wildman–Crippen MR) is 48.6 cm³/mol. The normalized spacial score (nSPS) is 18.5. The van der Waals surface area contributed by atoms with E-state index in [0.717, 1.165) is 12.8 Å². The maximum absolute atomic E-state index is 10.9. The third-order valence-electron chi connectivity index (χ3n) is 1.93. The third kappa shape index (κ3) is 2.05. The number of aliphatic carboxylic acids is 1. The predicted octanol–water partition coefficient (Wildman–Crippen LogP) is 1.02. The number of hydrogen-bond acceptors (Lipinski definition) is 4. The fourth-order valence-electron chi connectivity index (χ4n) is 1.11. The molecule has 0 aromatic carbocycles. The highest BCUT2D eigenvalue weighted by atomic mass is 32.1. The number of carboxylic acid groups (broad SMARTS) is 1. The van der Waals surface area contributed by atoms with Crippen LogP contribution in [0.4, 0.5) is 0 Å². The van der Waals surface area contributed by atoms with Gasteiger partial charge in [0, 0.05) is 17.6 Å². The minimum Gasteiger partial charge on any atom is -0.480 e. The molecule has 1 saturated carbocycles. The van der Waals surface area contributed by atoms with Crippen molar-refractivity contribution >= 4 is 17.3 Å². The molecule has 0 bridgehead atoms. The van der Waals surface area contributed by atoms with Crippen LogP contribution in [0.1, 0.15) is 23.9 Å². The lowest BCUT2D eigenvalue weighted by Gasteiger charge is -2.09. The molecule has 1 aliphatic carbocycles. The van der Waals surface area contributed by atoms with Gasteiger partial charge in [0.15, 0.2) is 6.04 Å². The molecule has 1 unspecified atom stereocenters. The van der Waals surface area contributed by atoms with E-state index in [1.54, 1.807) is 11.6 Å². The molecule has 1 fully saturated rings. The molecule has 1 heterocycles. The van der Waals surface area contributed by atoms with Crippen LogP contribution < -0.4 is 5.32 Å². The highest BCUT2D eigenvalue weighted by Gasteiger charge is 2.30. The molecule has 70 valence electrons. The van der Waals surface area contributed by atoms with Crippen molar-refractivity contribution in [1.29, 1.82) is 0 Å². The first-order valence-electron chi connectivity index (χ1n) is 4.15. The lowest BCUT2D eigenvalue weighted by Crippen LogP contribution is -2.29. The van der Waals surface area contributed by atoms with Crippen LogP contribution in [0.5, 0.6) is 0 Å². The van der Waals surface area contributed by atoms with Gasteiger partial charge in [0.25, 0.3) is 0 Å². The number of hydrogen-bond donors (Lipinski definition) is 2. The molecule has 13 heavy (non-hydrogen) atoms. The Kier molecular flexibility index (Phi) is 2.28. The molecule has 2 N–H and O–H groups in total. The minimum absolute atomic E-state index is 0.380. The number of nitrogens with zero attached hydrogens (tertiary/aromatic N) is 1. The van der Waals surface area contributed by atoms with Crippen LogP contribution in [0.25, 0.3) is 0 Å². The van der Waals surface area contributed by atoms with Crippen molar-refractivity contribution in [3.63, 3.8) is 0 Å². The van der Waals surface area contributed by atoms with E-state index in [1.807, 2.05) is 0 Å². The highest BCUT2D eigenvalue weighted by molar-refractivity contribution is 7.09. The van der Waals surface area contributed by atoms with Gasteiger partial charge in [-0.3, -0.25) is 10.1 Å². The molecule has 5 heteroatoms. The second kappa shape index (κ2) is 3.43. The van der Waals surface area contributed by atoms with Crippen LogP contribution in [0.15, 0.2) is 11.6 Å². The van der Waals surface area contributed by atoms with E-state index in [-0.39, 0.29) is 0 Å². The summed E-state index contributed by atoms with van der Waals surface area (Å²) in [5.74, 6) is -0.846. The first-order chi connectivity index (χ1) is 6.27. The van der Waals surface area contributed by atoms with Crippen LogP contribution in [-0.4, -0.2) is 22.1 Å². The summed E-state index contributed by atoms with van der Waals surface area (Å²) in [6.07, 6.45) is 3.79. The SMILES string of the molecule is O=C(O)C(NC1CC1)c1nccs1. The Labute approximate surface area is 79.6 Å². The Morgan fingerprint density at radius 3 is 3.00 bits per heavy atom. The molecule has 0 aliphatic heterocycles. The number of aromatic nitrogens is 1. The fourth-order valence-corrected chi connectivity index (χ4v) is 1.80. The largest absolute Gasteiger partial charge is 0.480 e. The monoisotopic (exact) mass is 198 g/mol. The van der Waals surface area contributed by atoms with E-state index in [2.05, 4.69) is 10.3 Å². The quantitative estimate of drug-likeness (QED) is 0.758. The van der Waals surface area contributed by atoms with E-state index in [0.29, 0.717) is 11.0 Å². The van der Waals surface area contributed by atoms with Gasteiger partial charge in [-0.15, -0.1) is 11.3 Å². The molecule has 4 nitrogen and oxygen atoms in total. The van der Waals surface area contributed by atoms with Crippen LogP contribution in [0, 0.1) is 0 Å². The van der Waals surface area contributed by atoms with Gasteiger partial charge in [-0.2, -0.15) is 0 Å². The van der Waals surface area contributed by atoms with Crippen LogP contribution in [0.3, 0.4) is 0 Å². The second-order valence-corrected chi connectivity index (χ2v) is 4.01. The Hall–Kier alpha value is -0.940. The Bertz CT molecular complexity index is 295. The summed E-state index contributed by atoms with van der Waals surface area (Å²) in [5, 5.41) is 14.4. The Balaban J connectivity index is 2.08. The summed E-state index contributed by atoms with van der Waals surface area (Å²) in [4.78, 5) is 14.9. The first-order valence-corrected chi connectivity index (χ1v) is 5.03. The number of carboxylic acids is 1. The van der Waals surface area contributed by atoms with Crippen molar-refractivity contribution in [2.24, 2.45) is 0 Å². The third-order valence-corrected chi connectivity index (χ3v) is 2.77. The summed E-state index contributed by atoms with van der Waals surface area (Å²) in [5.41, 5.74) is 0. The first kappa shape index (κ1) is 8.65. The summed E-state index contributed by atoms with van der Waals surface area (Å²) in [7, 11) is 0. The van der Waals surface area contributed by atoms with Gasteiger partial charge < -0.3 is 5.11 Å². The molecule has 0 spiro atoms. The molecule has 2 rings (SSSR count). The number of rotatable bonds is 4. The smallest absolute Gasteiger partial charge is 0.327 e. The highest BCUT2D eigenvalue weighted by Crippen LogP contribution is 2.25. The molecular weight excluding hydrogens is 188 g/mol. The zero-order valence-corrected chi connectivity index (χ0v) is 7.75. The molecule has 1 atom stereocenters. The zero-order chi connectivity index (χ0) is 9.26. The van der Waals surface area contributed by atoms with Gasteiger partial charge in [-0.1, -0.05) is 0 Å². The van der Waals surface area contributed by atoms with Gasteiger partial charge in [-0.05, 0) is 12.8 Å². The van der Waals surface area contributed by atoms with Crippen molar-refractivity contribution in [1.82, 2.24) is 10.3 Å². The molecule has 0 amide bonds. The maximum Gasteiger partial charge on any atom is 0.327 e. The summed E-state index contributed by atoms with van der Waals surface area (Å²) >= 11 is 1.37. The zero-order valence-electron chi connectivity index (χ0n) is 6.93. The van der Waals surface area contributed by atoms with Crippen LogP contribution in [0.2, 0.25) is 0 Å². The van der Waals surface area contributed by atoms with Crippen molar-refractivity contribution in [2.45, 2.75) is 24.9 Å². The second-order valence-electron chi connectivity index (χ2n) is 3.08. The molecule has 0 saturated heterocycles. The van der Waals surface area contributed by atoms with Gasteiger partial charge in [0.2, 0.25) is 0 Å². The van der Waals surface area contributed by atoms with Crippen molar-refractivity contribution in [3.8, 4) is 0 Å². The lowest BCUT2D eigenvalue weighted by molar-refractivity contribution is -0.139. The van der Waals surface area contributed by atoms with Gasteiger partial charge in [0.1, 0.15) is 5.01 Å². The molecule has 1 aliphatic rings. The van der Waals surface area contributed by atoms with E-state index in [4.69, 9.17) is 5.11 Å². The Morgan fingerprint density at radius 1 is 1.77 bits per heavy atom. The molecular formula is C8H10N2O2S. The average molecular weight is 198 g/mol.